The van der Waals surface area contributed by atoms with Gasteiger partial charge in [0.15, 0.2) is 11.6 Å². The molecule has 32 heavy (non-hydrogen) atoms. The second-order valence-corrected chi connectivity index (χ2v) is 8.36. The number of pyridine rings is 1. The molecule has 0 aliphatic heterocycles. The molecule has 0 aliphatic rings. The van der Waals surface area contributed by atoms with Crippen LogP contribution in [0, 0.1) is 18.6 Å². The molecule has 4 rings (SSSR count). The predicted molar refractivity (Wildman–Crippen MR) is 121 cm³/mol. The molecular weight excluding hydrogens is 410 g/mol. The summed E-state index contributed by atoms with van der Waals surface area (Å²) >= 11 is 0. The summed E-state index contributed by atoms with van der Waals surface area (Å²) in [7, 11) is 0. The van der Waals surface area contributed by atoms with Crippen LogP contribution in [0.5, 0.6) is 0 Å². The minimum absolute atomic E-state index is 0.256. The summed E-state index contributed by atoms with van der Waals surface area (Å²) < 4.78 is 29.4. The molecule has 1 unspecified atom stereocenters. The van der Waals surface area contributed by atoms with Crippen LogP contribution in [-0.4, -0.2) is 20.1 Å². The summed E-state index contributed by atoms with van der Waals surface area (Å²) in [6, 6.07) is 11.4. The van der Waals surface area contributed by atoms with E-state index in [2.05, 4.69) is 20.3 Å². The summed E-state index contributed by atoms with van der Waals surface area (Å²) in [6.45, 7) is 6.62. The Morgan fingerprint density at radius 3 is 2.34 bits per heavy atom. The minimum atomic E-state index is -1.15. The molecule has 2 aromatic carbocycles. The number of hydrogen-bond donors (Lipinski definition) is 2. The number of nitrogens with one attached hydrogen (secondary N) is 1. The molecule has 0 saturated carbocycles. The van der Waals surface area contributed by atoms with E-state index in [0.29, 0.717) is 27.9 Å². The second kappa shape index (κ2) is 8.24. The molecule has 0 bridgehead atoms. The Morgan fingerprint density at radius 2 is 1.69 bits per heavy atom. The van der Waals surface area contributed by atoms with Crippen LogP contribution in [0.4, 0.5) is 14.5 Å². The molecule has 1 atom stereocenters. The van der Waals surface area contributed by atoms with Crippen LogP contribution in [0.3, 0.4) is 0 Å². The van der Waals surface area contributed by atoms with Crippen LogP contribution in [0.1, 0.15) is 43.9 Å². The largest absolute Gasteiger partial charge is 0.382 e. The Bertz CT molecular complexity index is 1280. The van der Waals surface area contributed by atoms with Crippen molar-refractivity contribution in [2.45, 2.75) is 39.3 Å². The van der Waals surface area contributed by atoms with E-state index in [0.717, 1.165) is 5.56 Å². The topological polar surface area (TPSA) is 70.9 Å². The first-order valence-corrected chi connectivity index (χ1v) is 10.3. The van der Waals surface area contributed by atoms with Gasteiger partial charge in [0.25, 0.3) is 0 Å². The highest BCUT2D eigenvalue weighted by Gasteiger charge is 2.20. The summed E-state index contributed by atoms with van der Waals surface area (Å²) in [5, 5.41) is 13.8. The third-order valence-electron chi connectivity index (χ3n) is 5.36. The lowest BCUT2D eigenvalue weighted by Crippen LogP contribution is -2.19. The number of aromatic nitrogens is 3. The SMILES string of the molecule is Cc1nc2ccc(-c3cnc(C(C)(C)O)nc3)cc2c(NC(C)c2ccccc2F)c1F. The maximum absolute atomic E-state index is 15.2. The number of fused-ring (bicyclic) bond motifs is 1. The van der Waals surface area contributed by atoms with Crippen molar-refractivity contribution >= 4 is 16.6 Å². The van der Waals surface area contributed by atoms with Gasteiger partial charge in [-0.25, -0.2) is 23.7 Å². The van der Waals surface area contributed by atoms with Crippen LogP contribution < -0.4 is 5.32 Å². The quantitative estimate of drug-likeness (QED) is 0.423. The highest BCUT2D eigenvalue weighted by Crippen LogP contribution is 2.34. The number of aryl methyl sites for hydroxylation is 1. The van der Waals surface area contributed by atoms with Crippen LogP contribution in [0.25, 0.3) is 22.0 Å². The fourth-order valence-electron chi connectivity index (χ4n) is 3.60. The Labute approximate surface area is 185 Å². The van der Waals surface area contributed by atoms with Crippen LogP contribution in [0.15, 0.2) is 54.9 Å². The first-order valence-electron chi connectivity index (χ1n) is 10.3. The molecule has 4 aromatic rings. The lowest BCUT2D eigenvalue weighted by atomic mass is 10.0. The average molecular weight is 434 g/mol. The molecule has 0 saturated heterocycles. The van der Waals surface area contributed by atoms with E-state index in [1.807, 2.05) is 12.1 Å². The van der Waals surface area contributed by atoms with Crippen LogP contribution in [0.2, 0.25) is 0 Å². The fourth-order valence-corrected chi connectivity index (χ4v) is 3.60. The van der Waals surface area contributed by atoms with Gasteiger partial charge < -0.3 is 10.4 Å². The van der Waals surface area contributed by atoms with Crippen molar-refractivity contribution in [3.8, 4) is 11.1 Å². The van der Waals surface area contributed by atoms with Crippen molar-refractivity contribution in [2.75, 3.05) is 5.32 Å². The van der Waals surface area contributed by atoms with Crippen molar-refractivity contribution < 1.29 is 13.9 Å². The molecule has 0 aliphatic carbocycles. The second-order valence-electron chi connectivity index (χ2n) is 8.36. The number of hydrogen-bond acceptors (Lipinski definition) is 5. The molecule has 2 heterocycles. The standard InChI is InChI=1S/C25H24F2N4O/c1-14(18-7-5-6-8-20(18)26)31-23-19-11-16(9-10-21(19)30-15(2)22(23)27)17-12-28-24(29-13-17)25(3,4)32/h5-14,32H,1-4H3,(H,30,31). The molecule has 0 spiro atoms. The van der Waals surface area contributed by atoms with E-state index in [-0.39, 0.29) is 17.2 Å². The van der Waals surface area contributed by atoms with Crippen molar-refractivity contribution in [1.29, 1.82) is 0 Å². The van der Waals surface area contributed by atoms with E-state index in [4.69, 9.17) is 0 Å². The van der Waals surface area contributed by atoms with E-state index in [9.17, 15) is 9.50 Å². The number of benzene rings is 2. The summed E-state index contributed by atoms with van der Waals surface area (Å²) in [5.74, 6) is -0.523. The molecule has 5 nitrogen and oxygen atoms in total. The molecule has 0 radical (unpaired) electrons. The first-order chi connectivity index (χ1) is 15.1. The molecular formula is C25H24F2N4O. The van der Waals surface area contributed by atoms with E-state index in [1.54, 1.807) is 64.4 Å². The zero-order valence-corrected chi connectivity index (χ0v) is 18.3. The fraction of sp³-hybridized carbons (Fsp3) is 0.240. The maximum atomic E-state index is 15.2. The van der Waals surface area contributed by atoms with Gasteiger partial charge in [-0.2, -0.15) is 0 Å². The van der Waals surface area contributed by atoms with Crippen molar-refractivity contribution in [3.05, 3.63) is 83.6 Å². The predicted octanol–water partition coefficient (Wildman–Crippen LogP) is 5.68. The van der Waals surface area contributed by atoms with E-state index in [1.165, 1.54) is 6.07 Å². The van der Waals surface area contributed by atoms with Gasteiger partial charge in [0.2, 0.25) is 0 Å². The minimum Gasteiger partial charge on any atom is -0.382 e. The molecule has 7 heteroatoms. The van der Waals surface area contributed by atoms with Gasteiger partial charge in [-0.05, 0) is 51.5 Å². The highest BCUT2D eigenvalue weighted by molar-refractivity contribution is 5.95. The third-order valence-corrected chi connectivity index (χ3v) is 5.36. The number of halogens is 2. The Kier molecular flexibility index (Phi) is 5.60. The van der Waals surface area contributed by atoms with Crippen molar-refractivity contribution in [2.24, 2.45) is 0 Å². The summed E-state index contributed by atoms with van der Waals surface area (Å²) in [4.78, 5) is 12.9. The van der Waals surface area contributed by atoms with Gasteiger partial charge in [0, 0.05) is 28.9 Å². The first kappa shape index (κ1) is 21.8. The van der Waals surface area contributed by atoms with Gasteiger partial charge in [-0.15, -0.1) is 0 Å². The average Bonchev–Trinajstić information content (AvgIpc) is 2.76. The maximum Gasteiger partial charge on any atom is 0.168 e. The normalized spacial score (nSPS) is 12.7. The van der Waals surface area contributed by atoms with Gasteiger partial charge in [-0.3, -0.25) is 0 Å². The highest BCUT2D eigenvalue weighted by atomic mass is 19.1. The monoisotopic (exact) mass is 434 g/mol. The Morgan fingerprint density at radius 1 is 1.00 bits per heavy atom. The lowest BCUT2D eigenvalue weighted by molar-refractivity contribution is 0.0687. The zero-order valence-electron chi connectivity index (χ0n) is 18.3. The van der Waals surface area contributed by atoms with E-state index < -0.39 is 17.5 Å². The summed E-state index contributed by atoms with van der Waals surface area (Å²) in [6.07, 6.45) is 3.24. The number of anilines is 1. The van der Waals surface area contributed by atoms with Crippen molar-refractivity contribution in [3.63, 3.8) is 0 Å². The smallest absolute Gasteiger partial charge is 0.168 e. The number of rotatable bonds is 5. The van der Waals surface area contributed by atoms with E-state index >= 15 is 4.39 Å². The molecule has 0 fully saturated rings. The van der Waals surface area contributed by atoms with Gasteiger partial charge >= 0.3 is 0 Å². The zero-order chi connectivity index (χ0) is 23.0. The lowest BCUT2D eigenvalue weighted by Gasteiger charge is -2.19. The van der Waals surface area contributed by atoms with Gasteiger partial charge in [0.05, 0.1) is 22.9 Å². The Hall–Kier alpha value is -3.45. The third kappa shape index (κ3) is 4.16. The van der Waals surface area contributed by atoms with Crippen molar-refractivity contribution in [1.82, 2.24) is 15.0 Å². The molecule has 0 amide bonds. The Balaban J connectivity index is 1.79. The van der Waals surface area contributed by atoms with Gasteiger partial charge in [0.1, 0.15) is 11.4 Å². The molecule has 164 valence electrons. The molecule has 2 aromatic heterocycles. The number of aliphatic hydroxyl groups is 1. The number of nitrogens with zero attached hydrogens (tertiary/aromatic N) is 3. The van der Waals surface area contributed by atoms with Gasteiger partial charge in [-0.1, -0.05) is 24.3 Å². The molecule has 2 N–H and O–H groups in total. The summed E-state index contributed by atoms with van der Waals surface area (Å²) in [5.41, 5.74) is 1.92. The van der Waals surface area contributed by atoms with Crippen LogP contribution >= 0.6 is 0 Å². The van der Waals surface area contributed by atoms with Crippen LogP contribution in [-0.2, 0) is 5.60 Å².